The lowest BCUT2D eigenvalue weighted by Crippen LogP contribution is -2.41. The van der Waals surface area contributed by atoms with Crippen LogP contribution >= 0.6 is 27.7 Å². The number of carbonyl (C=O) groups excluding carboxylic acids is 1. The van der Waals surface area contributed by atoms with Crippen LogP contribution in [0.15, 0.2) is 72.3 Å². The fourth-order valence-electron chi connectivity index (χ4n) is 3.05. The predicted molar refractivity (Wildman–Crippen MR) is 126 cm³/mol. The number of ketones is 1. The maximum Gasteiger partial charge on any atom is 0.438 e. The van der Waals surface area contributed by atoms with Crippen molar-refractivity contribution in [1.29, 1.82) is 0 Å². The maximum absolute atomic E-state index is 12.8. The van der Waals surface area contributed by atoms with Crippen LogP contribution < -0.4 is 26.4 Å². The summed E-state index contributed by atoms with van der Waals surface area (Å²) < 4.78 is 12.9. The molecule has 11 nitrogen and oxygen atoms in total. The number of nitrogen functional groups attached to an aromatic ring is 1. The maximum atomic E-state index is 12.8. The summed E-state index contributed by atoms with van der Waals surface area (Å²) in [7, 11) is 1.53. The molecule has 0 amide bonds. The molecule has 0 saturated heterocycles. The highest BCUT2D eigenvalue weighted by molar-refractivity contribution is 9.10. The molecule has 0 aliphatic rings. The third-order valence-electron chi connectivity index (χ3n) is 4.79. The number of aromatic nitrogens is 5. The van der Waals surface area contributed by atoms with Gasteiger partial charge in [-0.25, -0.2) is 4.79 Å². The number of halogens is 1. The van der Waals surface area contributed by atoms with Gasteiger partial charge in [0.05, 0.1) is 12.9 Å². The smallest absolute Gasteiger partial charge is 0.438 e. The Kier molecular flexibility index (Phi) is 6.93. The van der Waals surface area contributed by atoms with Gasteiger partial charge in [-0.2, -0.15) is 4.68 Å². The van der Waals surface area contributed by atoms with E-state index in [1.807, 2.05) is 24.3 Å². The number of ether oxygens (including phenoxy) is 1. The highest BCUT2D eigenvalue weighted by Gasteiger charge is 2.31. The molecule has 4 aromatic rings. The largest absolute Gasteiger partial charge is 0.497 e. The number of hydrogen-bond acceptors (Lipinski definition) is 9. The summed E-state index contributed by atoms with van der Waals surface area (Å²) in [5.74, 6) is 5.74. The number of thioether (sulfide) groups is 1. The van der Waals surface area contributed by atoms with Crippen molar-refractivity contribution in [2.24, 2.45) is 0 Å². The summed E-state index contributed by atoms with van der Waals surface area (Å²) in [5, 5.41) is 10.4. The molecule has 0 fully saturated rings. The van der Waals surface area contributed by atoms with Crippen LogP contribution in [0.4, 0.5) is 0 Å². The Bertz CT molecular complexity index is 1450. The molecule has 4 rings (SSSR count). The quantitative estimate of drug-likeness (QED) is 0.144. The average Bonchev–Trinajstić information content (AvgIpc) is 3.24. The molecule has 0 saturated carbocycles. The van der Waals surface area contributed by atoms with E-state index in [0.717, 1.165) is 26.5 Å². The number of methoxy groups -OCH3 is 1. The van der Waals surface area contributed by atoms with E-state index >= 15 is 0 Å². The molecule has 3 N–H and O–H groups in total. The number of H-pyrrole nitrogens is 1. The molecule has 34 heavy (non-hydrogen) atoms. The molecule has 0 aliphatic carbocycles. The molecule has 13 heteroatoms. The van der Waals surface area contributed by atoms with Crippen molar-refractivity contribution >= 4 is 33.5 Å². The lowest BCUT2D eigenvalue weighted by Gasteiger charge is -2.07. The number of hydrogen-bond donors (Lipinski definition) is 2. The number of benzene rings is 2. The summed E-state index contributed by atoms with van der Waals surface area (Å²) in [6.45, 7) is 0. The molecule has 2 heterocycles. The minimum absolute atomic E-state index is 0.0360. The zero-order valence-corrected chi connectivity index (χ0v) is 20.1. The standard InChI is InChI=1S/C21H17BrN6O5S/c1-32-15-8-6-14(7-9-15)28-18(20(31)33-26-28)17(29)11-34-21-25-24-16(19(30)27(21)23)10-12-2-4-13(22)5-3-12/h2-9H,10-11,23H2,1H3/p+1. The van der Waals surface area contributed by atoms with E-state index in [1.54, 1.807) is 24.3 Å². The van der Waals surface area contributed by atoms with Crippen molar-refractivity contribution in [2.75, 3.05) is 18.7 Å². The van der Waals surface area contributed by atoms with Gasteiger partial charge in [0, 0.05) is 23.0 Å². The van der Waals surface area contributed by atoms with Gasteiger partial charge in [-0.1, -0.05) is 39.8 Å². The van der Waals surface area contributed by atoms with Crippen LogP contribution in [0.2, 0.25) is 0 Å². The van der Waals surface area contributed by atoms with E-state index in [4.69, 9.17) is 15.1 Å². The van der Waals surface area contributed by atoms with Gasteiger partial charge >= 0.3 is 11.3 Å². The van der Waals surface area contributed by atoms with Crippen LogP contribution in [-0.2, 0) is 6.42 Å². The van der Waals surface area contributed by atoms with Crippen molar-refractivity contribution in [3.63, 3.8) is 0 Å². The molecule has 2 aromatic carbocycles. The number of aromatic amines is 1. The zero-order chi connectivity index (χ0) is 24.2. The van der Waals surface area contributed by atoms with E-state index in [2.05, 4.69) is 31.4 Å². The summed E-state index contributed by atoms with van der Waals surface area (Å²) in [6, 6.07) is 14.1. The Hall–Kier alpha value is -3.71. The predicted octanol–water partition coefficient (Wildman–Crippen LogP) is 1.25. The normalized spacial score (nSPS) is 10.9. The monoisotopic (exact) mass is 545 g/mol. The summed E-state index contributed by atoms with van der Waals surface area (Å²) >= 11 is 4.24. The summed E-state index contributed by atoms with van der Waals surface area (Å²) in [4.78, 5) is 37.6. The number of Topliss-reactive ketones (excluding diaryl/α,β-unsaturated/α-hetero) is 1. The lowest BCUT2D eigenvalue weighted by atomic mass is 10.1. The molecule has 0 bridgehead atoms. The fourth-order valence-corrected chi connectivity index (χ4v) is 4.03. The van der Waals surface area contributed by atoms with Crippen LogP contribution in [0, 0.1) is 0 Å². The van der Waals surface area contributed by atoms with E-state index in [9.17, 15) is 14.4 Å². The second kappa shape index (κ2) is 10.1. The van der Waals surface area contributed by atoms with Gasteiger partial charge < -0.3 is 10.6 Å². The second-order valence-corrected chi connectivity index (χ2v) is 8.84. The molecule has 0 atom stereocenters. The van der Waals surface area contributed by atoms with Crippen molar-refractivity contribution in [3.05, 3.63) is 90.7 Å². The van der Waals surface area contributed by atoms with Crippen molar-refractivity contribution in [1.82, 2.24) is 20.1 Å². The summed E-state index contributed by atoms with van der Waals surface area (Å²) in [6.07, 6.45) is 0.256. The zero-order valence-electron chi connectivity index (χ0n) is 17.7. The number of nitrogens with two attached hydrogens (primary N) is 1. The van der Waals surface area contributed by atoms with Gasteiger partial charge in [-0.3, -0.25) is 14.1 Å². The molecule has 0 radical (unpaired) electrons. The molecular formula is C21H18BrN6O5S+. The van der Waals surface area contributed by atoms with Gasteiger partial charge in [-0.05, 0) is 39.8 Å². The van der Waals surface area contributed by atoms with Gasteiger partial charge in [0.25, 0.3) is 5.56 Å². The lowest BCUT2D eigenvalue weighted by molar-refractivity contribution is -0.672. The first-order valence-electron chi connectivity index (χ1n) is 9.79. The third-order valence-corrected chi connectivity index (χ3v) is 6.26. The molecule has 0 spiro atoms. The highest BCUT2D eigenvalue weighted by atomic mass is 79.9. The number of carbonyl (C=O) groups is 1. The van der Waals surface area contributed by atoms with E-state index < -0.39 is 17.0 Å². The number of nitrogens with zero attached hydrogens (tertiary/aromatic N) is 4. The Morgan fingerprint density at radius 2 is 1.88 bits per heavy atom. The van der Waals surface area contributed by atoms with Crippen LogP contribution in [0.3, 0.4) is 0 Å². The van der Waals surface area contributed by atoms with E-state index in [0.29, 0.717) is 11.4 Å². The summed E-state index contributed by atoms with van der Waals surface area (Å²) in [5.41, 5.74) is -0.0439. The van der Waals surface area contributed by atoms with Gasteiger partial charge in [0.1, 0.15) is 11.4 Å². The van der Waals surface area contributed by atoms with Gasteiger partial charge in [0.2, 0.25) is 16.6 Å². The van der Waals surface area contributed by atoms with Crippen LogP contribution in [-0.4, -0.2) is 38.8 Å². The number of nitrogens with one attached hydrogen (secondary N) is 1. The topological polar surface area (TPSA) is 150 Å². The van der Waals surface area contributed by atoms with Crippen molar-refractivity contribution in [2.45, 2.75) is 11.6 Å². The SMILES string of the molecule is COc1ccc(-[n+]2[nH]oc(=O)c2C(=O)CSc2nnc(Cc3ccc(Br)cc3)c(=O)n2N)cc1. The molecular weight excluding hydrogens is 528 g/mol. The molecule has 0 unspecified atom stereocenters. The Morgan fingerprint density at radius 1 is 1.18 bits per heavy atom. The Morgan fingerprint density at radius 3 is 2.56 bits per heavy atom. The van der Waals surface area contributed by atoms with Gasteiger partial charge in [0.15, 0.2) is 0 Å². The molecule has 0 aliphatic heterocycles. The first-order valence-corrected chi connectivity index (χ1v) is 11.6. The third kappa shape index (κ3) is 4.94. The molecule has 174 valence electrons. The van der Waals surface area contributed by atoms with Gasteiger partial charge in [-0.15, -0.1) is 10.2 Å². The Labute approximate surface area is 204 Å². The fraction of sp³-hybridized carbons (Fsp3) is 0.143. The van der Waals surface area contributed by atoms with Crippen LogP contribution in [0.1, 0.15) is 21.7 Å². The van der Waals surface area contributed by atoms with E-state index in [-0.39, 0.29) is 28.7 Å². The first-order chi connectivity index (χ1) is 16.4. The minimum atomic E-state index is -0.831. The Balaban J connectivity index is 1.51. The van der Waals surface area contributed by atoms with Crippen molar-refractivity contribution < 1.29 is 18.7 Å². The first kappa shape index (κ1) is 23.4. The van der Waals surface area contributed by atoms with Crippen molar-refractivity contribution in [3.8, 4) is 11.4 Å². The highest BCUT2D eigenvalue weighted by Crippen LogP contribution is 2.15. The van der Waals surface area contributed by atoms with Crippen LogP contribution in [0.25, 0.3) is 5.69 Å². The van der Waals surface area contributed by atoms with Crippen LogP contribution in [0.5, 0.6) is 5.75 Å². The molecule has 2 aromatic heterocycles. The second-order valence-electron chi connectivity index (χ2n) is 6.98. The van der Waals surface area contributed by atoms with E-state index in [1.165, 1.54) is 11.8 Å². The minimum Gasteiger partial charge on any atom is -0.497 e. The number of rotatable bonds is 8. The average molecular weight is 546 g/mol.